The zero-order chi connectivity index (χ0) is 14.1. The topological polar surface area (TPSA) is 50.4 Å². The van der Waals surface area contributed by atoms with Crippen LogP contribution in [0, 0.1) is 11.7 Å². The molecular formula is C15H24FN3. The van der Waals surface area contributed by atoms with Gasteiger partial charge in [-0.1, -0.05) is 26.0 Å². The first kappa shape index (κ1) is 15.5. The summed E-state index contributed by atoms with van der Waals surface area (Å²) in [5.41, 5.74) is 6.74. The normalized spacial score (nSPS) is 11.9. The zero-order valence-electron chi connectivity index (χ0n) is 11.8. The van der Waals surface area contributed by atoms with Crippen LogP contribution in [-0.2, 0) is 6.42 Å². The lowest BCUT2D eigenvalue weighted by Crippen LogP contribution is -2.33. The maximum Gasteiger partial charge on any atom is 0.188 e. The maximum atomic E-state index is 13.0. The molecule has 0 amide bonds. The molecule has 0 heterocycles. The van der Waals surface area contributed by atoms with Crippen LogP contribution in [0.3, 0.4) is 0 Å². The van der Waals surface area contributed by atoms with E-state index in [0.29, 0.717) is 18.4 Å². The third kappa shape index (κ3) is 7.44. The summed E-state index contributed by atoms with van der Waals surface area (Å²) < 4.78 is 13.0. The van der Waals surface area contributed by atoms with Crippen LogP contribution in [-0.4, -0.2) is 19.0 Å². The van der Waals surface area contributed by atoms with Gasteiger partial charge in [0.1, 0.15) is 5.82 Å². The Hall–Kier alpha value is -1.58. The van der Waals surface area contributed by atoms with Gasteiger partial charge in [-0.2, -0.15) is 0 Å². The zero-order valence-corrected chi connectivity index (χ0v) is 11.8. The molecule has 0 radical (unpaired) electrons. The lowest BCUT2D eigenvalue weighted by atomic mass is 10.1. The van der Waals surface area contributed by atoms with Crippen molar-refractivity contribution in [3.05, 3.63) is 35.6 Å². The van der Waals surface area contributed by atoms with E-state index in [1.807, 2.05) is 6.07 Å². The molecule has 0 saturated heterocycles. The Labute approximate surface area is 115 Å². The van der Waals surface area contributed by atoms with Crippen molar-refractivity contribution in [1.29, 1.82) is 0 Å². The average molecular weight is 265 g/mol. The summed E-state index contributed by atoms with van der Waals surface area (Å²) >= 11 is 0. The highest BCUT2D eigenvalue weighted by Gasteiger charge is 1.97. The molecule has 0 bridgehead atoms. The first-order chi connectivity index (χ1) is 9.08. The molecule has 3 N–H and O–H groups in total. The van der Waals surface area contributed by atoms with Crippen molar-refractivity contribution < 1.29 is 4.39 Å². The van der Waals surface area contributed by atoms with Crippen molar-refractivity contribution in [1.82, 2.24) is 5.32 Å². The maximum absolute atomic E-state index is 13.0. The first-order valence-corrected chi connectivity index (χ1v) is 6.86. The molecule has 19 heavy (non-hydrogen) atoms. The van der Waals surface area contributed by atoms with Gasteiger partial charge in [-0.15, -0.1) is 0 Å². The standard InChI is InChI=1S/C15H24FN3/c1-12(2)8-10-19-15(17)18-9-4-6-13-5-3-7-14(16)11-13/h3,5,7,11-12H,4,6,8-10H2,1-2H3,(H3,17,18,19). The molecular weight excluding hydrogens is 241 g/mol. The minimum Gasteiger partial charge on any atom is -0.370 e. The Morgan fingerprint density at radius 3 is 2.89 bits per heavy atom. The minimum absolute atomic E-state index is 0.184. The predicted octanol–water partition coefficient (Wildman–Crippen LogP) is 2.71. The second-order valence-corrected chi connectivity index (χ2v) is 5.11. The van der Waals surface area contributed by atoms with E-state index >= 15 is 0 Å². The molecule has 0 aliphatic carbocycles. The predicted molar refractivity (Wildman–Crippen MR) is 78.7 cm³/mol. The Bertz CT molecular complexity index is 402. The van der Waals surface area contributed by atoms with Crippen molar-refractivity contribution in [2.45, 2.75) is 33.1 Å². The number of aliphatic imine (C=N–C) groups is 1. The van der Waals surface area contributed by atoms with Gasteiger partial charge in [-0.05, 0) is 42.9 Å². The molecule has 3 nitrogen and oxygen atoms in total. The van der Waals surface area contributed by atoms with E-state index in [0.717, 1.165) is 31.4 Å². The van der Waals surface area contributed by atoms with E-state index in [1.165, 1.54) is 6.07 Å². The number of guanidine groups is 1. The highest BCUT2D eigenvalue weighted by molar-refractivity contribution is 5.77. The van der Waals surface area contributed by atoms with Gasteiger partial charge in [-0.25, -0.2) is 4.39 Å². The number of rotatable bonds is 7. The van der Waals surface area contributed by atoms with E-state index in [9.17, 15) is 4.39 Å². The molecule has 0 aliphatic rings. The van der Waals surface area contributed by atoms with Crippen LogP contribution in [0.15, 0.2) is 29.3 Å². The molecule has 0 aromatic heterocycles. The number of nitrogens with one attached hydrogen (secondary N) is 1. The van der Waals surface area contributed by atoms with Crippen LogP contribution in [0.4, 0.5) is 4.39 Å². The fourth-order valence-corrected chi connectivity index (χ4v) is 1.72. The Kier molecular flexibility index (Phi) is 6.93. The van der Waals surface area contributed by atoms with Crippen molar-refractivity contribution in [2.75, 3.05) is 13.1 Å². The lowest BCUT2D eigenvalue weighted by Gasteiger charge is -2.07. The fourth-order valence-electron chi connectivity index (χ4n) is 1.72. The quantitative estimate of drug-likeness (QED) is 0.452. The van der Waals surface area contributed by atoms with Crippen LogP contribution >= 0.6 is 0 Å². The van der Waals surface area contributed by atoms with Gasteiger partial charge < -0.3 is 11.1 Å². The summed E-state index contributed by atoms with van der Waals surface area (Å²) in [6, 6.07) is 6.68. The number of nitrogens with zero attached hydrogens (tertiary/aromatic N) is 1. The van der Waals surface area contributed by atoms with Crippen molar-refractivity contribution in [3.63, 3.8) is 0 Å². The number of aryl methyl sites for hydroxylation is 1. The molecule has 0 unspecified atom stereocenters. The molecule has 1 rings (SSSR count). The van der Waals surface area contributed by atoms with E-state index < -0.39 is 0 Å². The largest absolute Gasteiger partial charge is 0.370 e. The van der Waals surface area contributed by atoms with Crippen LogP contribution in [0.5, 0.6) is 0 Å². The lowest BCUT2D eigenvalue weighted by molar-refractivity contribution is 0.576. The summed E-state index contributed by atoms with van der Waals surface area (Å²) in [5.74, 6) is 0.976. The summed E-state index contributed by atoms with van der Waals surface area (Å²) in [6.45, 7) is 5.87. The SMILES string of the molecule is CC(C)CCNC(N)=NCCCc1cccc(F)c1. The number of hydrogen-bond acceptors (Lipinski definition) is 1. The molecule has 0 saturated carbocycles. The highest BCUT2D eigenvalue weighted by Crippen LogP contribution is 2.06. The summed E-state index contributed by atoms with van der Waals surface area (Å²) in [7, 11) is 0. The van der Waals surface area contributed by atoms with E-state index in [2.05, 4.69) is 24.2 Å². The first-order valence-electron chi connectivity index (χ1n) is 6.86. The third-order valence-corrected chi connectivity index (χ3v) is 2.82. The average Bonchev–Trinajstić information content (AvgIpc) is 2.34. The molecule has 1 aromatic carbocycles. The molecule has 4 heteroatoms. The van der Waals surface area contributed by atoms with Crippen molar-refractivity contribution in [2.24, 2.45) is 16.6 Å². The summed E-state index contributed by atoms with van der Waals surface area (Å²) in [6.07, 6.45) is 2.77. The number of nitrogens with two attached hydrogens (primary N) is 1. The summed E-state index contributed by atoms with van der Waals surface area (Å²) in [5, 5.41) is 3.09. The van der Waals surface area contributed by atoms with Gasteiger partial charge in [0.05, 0.1) is 0 Å². The fraction of sp³-hybridized carbons (Fsp3) is 0.533. The molecule has 0 spiro atoms. The van der Waals surface area contributed by atoms with Gasteiger partial charge in [0, 0.05) is 13.1 Å². The molecule has 1 aromatic rings. The van der Waals surface area contributed by atoms with E-state index in [-0.39, 0.29) is 5.82 Å². The second kappa shape index (κ2) is 8.51. The van der Waals surface area contributed by atoms with Gasteiger partial charge in [-0.3, -0.25) is 4.99 Å². The van der Waals surface area contributed by atoms with Gasteiger partial charge in [0.15, 0.2) is 5.96 Å². The minimum atomic E-state index is -0.184. The second-order valence-electron chi connectivity index (χ2n) is 5.11. The Morgan fingerprint density at radius 2 is 2.21 bits per heavy atom. The van der Waals surface area contributed by atoms with Gasteiger partial charge in [0.25, 0.3) is 0 Å². The van der Waals surface area contributed by atoms with Crippen LogP contribution < -0.4 is 11.1 Å². The Balaban J connectivity index is 2.18. The smallest absolute Gasteiger partial charge is 0.188 e. The van der Waals surface area contributed by atoms with E-state index in [4.69, 9.17) is 5.73 Å². The monoisotopic (exact) mass is 265 g/mol. The van der Waals surface area contributed by atoms with Crippen LogP contribution in [0.2, 0.25) is 0 Å². The van der Waals surface area contributed by atoms with Crippen molar-refractivity contribution in [3.8, 4) is 0 Å². The van der Waals surface area contributed by atoms with Crippen LogP contribution in [0.1, 0.15) is 32.3 Å². The number of hydrogen-bond donors (Lipinski definition) is 2. The van der Waals surface area contributed by atoms with Gasteiger partial charge >= 0.3 is 0 Å². The van der Waals surface area contributed by atoms with E-state index in [1.54, 1.807) is 12.1 Å². The van der Waals surface area contributed by atoms with Gasteiger partial charge in [0.2, 0.25) is 0 Å². The highest BCUT2D eigenvalue weighted by atomic mass is 19.1. The molecule has 0 fully saturated rings. The summed E-state index contributed by atoms with van der Waals surface area (Å²) in [4.78, 5) is 4.25. The molecule has 106 valence electrons. The molecule has 0 atom stereocenters. The van der Waals surface area contributed by atoms with Crippen molar-refractivity contribution >= 4 is 5.96 Å². The number of benzene rings is 1. The number of halogens is 1. The third-order valence-electron chi connectivity index (χ3n) is 2.82. The van der Waals surface area contributed by atoms with Crippen LogP contribution in [0.25, 0.3) is 0 Å². The molecule has 0 aliphatic heterocycles. The Morgan fingerprint density at radius 1 is 1.42 bits per heavy atom.